The molecule has 1 atom stereocenters. The van der Waals surface area contributed by atoms with Crippen LogP contribution in [0.15, 0.2) is 17.2 Å². The average molecular weight is 332 g/mol. The van der Waals surface area contributed by atoms with Gasteiger partial charge in [0, 0.05) is 13.2 Å². The van der Waals surface area contributed by atoms with E-state index in [9.17, 15) is 18.0 Å². The Morgan fingerprint density at radius 3 is 2.45 bits per heavy atom. The maximum Gasteiger partial charge on any atom is 0.354 e. The second kappa shape index (κ2) is 6.93. The summed E-state index contributed by atoms with van der Waals surface area (Å²) in [6, 6.07) is -0.101. The van der Waals surface area contributed by atoms with E-state index in [2.05, 4.69) is 4.72 Å². The molecule has 1 aromatic rings. The number of nitrogens with zero attached hydrogens (tertiary/aromatic N) is 1. The van der Waals surface area contributed by atoms with E-state index in [0.717, 1.165) is 6.07 Å². The number of aromatic nitrogens is 1. The number of carboxylic acids is 1. The van der Waals surface area contributed by atoms with Crippen molar-refractivity contribution in [3.8, 4) is 0 Å². The summed E-state index contributed by atoms with van der Waals surface area (Å²) in [6.07, 6.45) is 1.23. The molecule has 0 saturated heterocycles. The molecule has 0 unspecified atom stereocenters. The number of sulfonamides is 1. The normalized spacial score (nSPS) is 13.1. The largest absolute Gasteiger partial charge is 0.480 e. The Morgan fingerprint density at radius 2 is 2.00 bits per heavy atom. The van der Waals surface area contributed by atoms with Crippen LogP contribution >= 0.6 is 0 Å². The van der Waals surface area contributed by atoms with E-state index in [4.69, 9.17) is 9.84 Å². The molecule has 0 bridgehead atoms. The first-order valence-electron chi connectivity index (χ1n) is 6.68. The highest BCUT2D eigenvalue weighted by atomic mass is 32.2. The molecule has 124 valence electrons. The minimum absolute atomic E-state index is 0.0682. The van der Waals surface area contributed by atoms with Crippen molar-refractivity contribution in [2.24, 2.45) is 13.0 Å². The van der Waals surface area contributed by atoms with Gasteiger partial charge in [0.15, 0.2) is 0 Å². The van der Waals surface area contributed by atoms with Crippen LogP contribution in [-0.4, -0.2) is 42.7 Å². The van der Waals surface area contributed by atoms with Gasteiger partial charge in [-0.1, -0.05) is 13.8 Å². The van der Waals surface area contributed by atoms with Gasteiger partial charge in [0.05, 0.1) is 6.61 Å². The van der Waals surface area contributed by atoms with Crippen LogP contribution in [0.4, 0.5) is 0 Å². The van der Waals surface area contributed by atoms with Crippen LogP contribution in [-0.2, 0) is 26.6 Å². The van der Waals surface area contributed by atoms with Crippen molar-refractivity contribution in [2.45, 2.75) is 31.7 Å². The number of rotatable bonds is 7. The van der Waals surface area contributed by atoms with Crippen LogP contribution in [0, 0.1) is 5.92 Å². The van der Waals surface area contributed by atoms with Crippen molar-refractivity contribution in [3.05, 3.63) is 18.0 Å². The van der Waals surface area contributed by atoms with Crippen LogP contribution in [0.2, 0.25) is 0 Å². The SMILES string of the molecule is CCOC(=O)c1cc(S(=O)(=O)N[C@@H](C(=O)O)C(C)C)cn1C. The quantitative estimate of drug-likeness (QED) is 0.706. The fraction of sp³-hybridized carbons (Fsp3) is 0.538. The average Bonchev–Trinajstić information content (AvgIpc) is 2.78. The van der Waals surface area contributed by atoms with Crippen molar-refractivity contribution in [3.63, 3.8) is 0 Å². The molecule has 8 nitrogen and oxygen atoms in total. The Morgan fingerprint density at radius 1 is 1.41 bits per heavy atom. The summed E-state index contributed by atoms with van der Waals surface area (Å²) < 4.78 is 32.8. The number of hydrogen-bond donors (Lipinski definition) is 2. The minimum atomic E-state index is -4.06. The van der Waals surface area contributed by atoms with E-state index in [1.807, 2.05) is 0 Å². The molecule has 0 aliphatic rings. The molecule has 0 amide bonds. The molecular weight excluding hydrogens is 312 g/mol. The van der Waals surface area contributed by atoms with Gasteiger partial charge in [-0.2, -0.15) is 4.72 Å². The number of aryl methyl sites for hydroxylation is 1. The zero-order chi connectivity index (χ0) is 17.1. The van der Waals surface area contributed by atoms with Crippen molar-refractivity contribution < 1.29 is 27.9 Å². The van der Waals surface area contributed by atoms with Gasteiger partial charge in [-0.15, -0.1) is 0 Å². The Bertz CT molecular complexity index is 662. The first kappa shape index (κ1) is 18.2. The van der Waals surface area contributed by atoms with Gasteiger partial charge in [-0.3, -0.25) is 4.79 Å². The van der Waals surface area contributed by atoms with Crippen molar-refractivity contribution in [2.75, 3.05) is 6.61 Å². The van der Waals surface area contributed by atoms with Gasteiger partial charge in [0.1, 0.15) is 16.6 Å². The number of carboxylic acid groups (broad SMARTS) is 1. The van der Waals surface area contributed by atoms with E-state index >= 15 is 0 Å². The Balaban J connectivity index is 3.11. The number of nitrogens with one attached hydrogen (secondary N) is 1. The topological polar surface area (TPSA) is 115 Å². The number of carbonyl (C=O) groups excluding carboxylic acids is 1. The summed E-state index contributed by atoms with van der Waals surface area (Å²) in [6.45, 7) is 4.99. The lowest BCUT2D eigenvalue weighted by Crippen LogP contribution is -2.44. The Kier molecular flexibility index (Phi) is 5.72. The standard InChI is InChI=1S/C13H20N2O6S/c1-5-21-13(18)10-6-9(7-15(10)4)22(19,20)14-11(8(2)3)12(16)17/h6-8,11,14H,5H2,1-4H3,(H,16,17)/t11-/m1/s1. The van der Waals surface area contributed by atoms with Gasteiger partial charge in [-0.05, 0) is 18.9 Å². The van der Waals surface area contributed by atoms with Crippen molar-refractivity contribution in [1.82, 2.24) is 9.29 Å². The molecule has 9 heteroatoms. The predicted molar refractivity (Wildman–Crippen MR) is 78.0 cm³/mol. The van der Waals surface area contributed by atoms with E-state index in [0.29, 0.717) is 0 Å². The number of carbonyl (C=O) groups is 2. The van der Waals surface area contributed by atoms with Gasteiger partial charge >= 0.3 is 11.9 Å². The van der Waals surface area contributed by atoms with Crippen LogP contribution in [0.1, 0.15) is 31.3 Å². The number of esters is 1. The van der Waals surface area contributed by atoms with E-state index < -0.39 is 33.9 Å². The second-order valence-corrected chi connectivity index (χ2v) is 6.79. The number of ether oxygens (including phenoxy) is 1. The predicted octanol–water partition coefficient (Wildman–Crippen LogP) is 0.589. The molecule has 1 heterocycles. The van der Waals surface area contributed by atoms with Crippen LogP contribution in [0.5, 0.6) is 0 Å². The van der Waals surface area contributed by atoms with Gasteiger partial charge in [0.2, 0.25) is 10.0 Å². The van der Waals surface area contributed by atoms with Crippen LogP contribution in [0.3, 0.4) is 0 Å². The first-order chi connectivity index (χ1) is 10.1. The summed E-state index contributed by atoms with van der Waals surface area (Å²) in [5.41, 5.74) is 0.0682. The fourth-order valence-electron chi connectivity index (χ4n) is 1.80. The molecule has 22 heavy (non-hydrogen) atoms. The van der Waals surface area contributed by atoms with E-state index in [1.54, 1.807) is 20.8 Å². The van der Waals surface area contributed by atoms with E-state index in [-0.39, 0.29) is 17.2 Å². The summed E-state index contributed by atoms with van der Waals surface area (Å²) in [5, 5.41) is 9.07. The third-order valence-corrected chi connectivity index (χ3v) is 4.40. The maximum atomic E-state index is 12.3. The lowest BCUT2D eigenvalue weighted by molar-refractivity contribution is -0.140. The summed E-state index contributed by atoms with van der Waals surface area (Å²) >= 11 is 0. The number of aliphatic carboxylic acids is 1. The molecule has 0 aliphatic carbocycles. The van der Waals surface area contributed by atoms with Crippen molar-refractivity contribution >= 4 is 22.0 Å². The molecule has 0 spiro atoms. The number of hydrogen-bond acceptors (Lipinski definition) is 5. The van der Waals surface area contributed by atoms with Gasteiger partial charge in [-0.25, -0.2) is 13.2 Å². The van der Waals surface area contributed by atoms with Crippen LogP contribution < -0.4 is 4.72 Å². The van der Waals surface area contributed by atoms with Gasteiger partial charge < -0.3 is 14.4 Å². The monoisotopic (exact) mass is 332 g/mol. The molecule has 0 aromatic carbocycles. The molecular formula is C13H20N2O6S. The molecule has 2 N–H and O–H groups in total. The van der Waals surface area contributed by atoms with Crippen LogP contribution in [0.25, 0.3) is 0 Å². The zero-order valence-electron chi connectivity index (χ0n) is 12.9. The maximum absolute atomic E-state index is 12.3. The highest BCUT2D eigenvalue weighted by Crippen LogP contribution is 2.16. The fourth-order valence-corrected chi connectivity index (χ4v) is 3.20. The highest BCUT2D eigenvalue weighted by Gasteiger charge is 2.29. The summed E-state index contributed by atoms with van der Waals surface area (Å²) in [5.74, 6) is -2.34. The lowest BCUT2D eigenvalue weighted by Gasteiger charge is -2.17. The molecule has 1 aromatic heterocycles. The smallest absolute Gasteiger partial charge is 0.354 e. The zero-order valence-corrected chi connectivity index (χ0v) is 13.7. The Hall–Kier alpha value is -1.87. The molecule has 1 rings (SSSR count). The molecule has 0 saturated carbocycles. The first-order valence-corrected chi connectivity index (χ1v) is 8.17. The lowest BCUT2D eigenvalue weighted by atomic mass is 10.1. The van der Waals surface area contributed by atoms with Crippen molar-refractivity contribution in [1.29, 1.82) is 0 Å². The highest BCUT2D eigenvalue weighted by molar-refractivity contribution is 7.89. The Labute approximate surface area is 129 Å². The molecule has 0 fully saturated rings. The minimum Gasteiger partial charge on any atom is -0.480 e. The molecule has 0 radical (unpaired) electrons. The summed E-state index contributed by atoms with van der Waals surface area (Å²) in [7, 11) is -2.56. The summed E-state index contributed by atoms with van der Waals surface area (Å²) in [4.78, 5) is 22.6. The van der Waals surface area contributed by atoms with E-state index in [1.165, 1.54) is 17.8 Å². The third-order valence-electron chi connectivity index (χ3n) is 2.99. The second-order valence-electron chi connectivity index (χ2n) is 5.07. The molecule has 0 aliphatic heterocycles. The van der Waals surface area contributed by atoms with Gasteiger partial charge in [0.25, 0.3) is 0 Å². The third kappa shape index (κ3) is 4.08.